The highest BCUT2D eigenvalue weighted by atomic mass is 16.6. The van der Waals surface area contributed by atoms with E-state index in [0.717, 1.165) is 0 Å². The van der Waals surface area contributed by atoms with Gasteiger partial charge in [-0.1, -0.05) is 12.7 Å². The first-order valence-electron chi connectivity index (χ1n) is 4.65. The molecule has 0 amide bonds. The van der Waals surface area contributed by atoms with Gasteiger partial charge in [0, 0.05) is 5.57 Å². The van der Waals surface area contributed by atoms with Crippen LogP contribution < -0.4 is 0 Å². The van der Waals surface area contributed by atoms with Gasteiger partial charge in [0.25, 0.3) is 0 Å². The lowest BCUT2D eigenvalue weighted by Crippen LogP contribution is -2.18. The van der Waals surface area contributed by atoms with E-state index in [1.54, 1.807) is 6.08 Å². The van der Waals surface area contributed by atoms with Crippen LogP contribution >= 0.6 is 0 Å². The van der Waals surface area contributed by atoms with Crippen molar-refractivity contribution in [2.24, 2.45) is 5.92 Å². The molecule has 0 spiro atoms. The van der Waals surface area contributed by atoms with Crippen molar-refractivity contribution < 1.29 is 14.6 Å². The van der Waals surface area contributed by atoms with Crippen molar-refractivity contribution in [3.05, 3.63) is 24.8 Å². The zero-order valence-electron chi connectivity index (χ0n) is 8.45. The van der Waals surface area contributed by atoms with Gasteiger partial charge in [-0.2, -0.15) is 0 Å². The summed E-state index contributed by atoms with van der Waals surface area (Å²) in [5.74, 6) is -0.987. The highest BCUT2D eigenvalue weighted by molar-refractivity contribution is 5.86. The van der Waals surface area contributed by atoms with Gasteiger partial charge in [0.05, 0.1) is 12.2 Å². The Morgan fingerprint density at radius 3 is 2.71 bits per heavy atom. The molecule has 0 aromatic carbocycles. The second-order valence-corrected chi connectivity index (χ2v) is 3.99. The Labute approximate surface area is 84.1 Å². The third-order valence-electron chi connectivity index (χ3n) is 2.53. The summed E-state index contributed by atoms with van der Waals surface area (Å²) in [6.07, 6.45) is 3.08. The topological polar surface area (TPSA) is 49.8 Å². The molecule has 1 saturated heterocycles. The van der Waals surface area contributed by atoms with Crippen LogP contribution in [0.2, 0.25) is 0 Å². The molecule has 1 aliphatic rings. The molecule has 2 atom stereocenters. The second kappa shape index (κ2) is 3.96. The Kier molecular flexibility index (Phi) is 3.11. The molecule has 0 saturated carbocycles. The standard InChI is InChI=1S/C11H16O3/c1-4-5-9(8(2)10(12)13)6-11(3)7-14-11/h4,9H,1-2,5-7H2,3H3,(H,12,13). The van der Waals surface area contributed by atoms with E-state index in [1.807, 2.05) is 6.92 Å². The summed E-state index contributed by atoms with van der Waals surface area (Å²) in [5.41, 5.74) is 0.119. The van der Waals surface area contributed by atoms with Crippen molar-refractivity contribution in [3.8, 4) is 0 Å². The molecule has 1 N–H and O–H groups in total. The molecule has 0 radical (unpaired) electrons. The predicted octanol–water partition coefficient (Wildman–Crippen LogP) is 2.00. The molecule has 1 rings (SSSR count). The quantitative estimate of drug-likeness (QED) is 0.401. The molecule has 1 aliphatic heterocycles. The van der Waals surface area contributed by atoms with Gasteiger partial charge in [-0.15, -0.1) is 6.58 Å². The minimum atomic E-state index is -0.930. The summed E-state index contributed by atoms with van der Waals surface area (Å²) in [6.45, 7) is 9.90. The minimum absolute atomic E-state index is 0.0579. The van der Waals surface area contributed by atoms with Crippen molar-refractivity contribution >= 4 is 5.97 Å². The lowest BCUT2D eigenvalue weighted by molar-refractivity contribution is -0.133. The van der Waals surface area contributed by atoms with E-state index in [4.69, 9.17) is 9.84 Å². The number of carboxylic acid groups (broad SMARTS) is 1. The van der Waals surface area contributed by atoms with Crippen LogP contribution in [0.25, 0.3) is 0 Å². The van der Waals surface area contributed by atoms with Crippen molar-refractivity contribution in [3.63, 3.8) is 0 Å². The first-order chi connectivity index (χ1) is 6.48. The monoisotopic (exact) mass is 196 g/mol. The highest BCUT2D eigenvalue weighted by Gasteiger charge is 2.41. The molecule has 1 fully saturated rings. The van der Waals surface area contributed by atoms with Crippen LogP contribution in [0.1, 0.15) is 19.8 Å². The lowest BCUT2D eigenvalue weighted by atomic mass is 9.88. The Morgan fingerprint density at radius 2 is 2.36 bits per heavy atom. The van der Waals surface area contributed by atoms with E-state index in [-0.39, 0.29) is 17.1 Å². The fourth-order valence-electron chi connectivity index (χ4n) is 1.49. The third-order valence-corrected chi connectivity index (χ3v) is 2.53. The number of ether oxygens (including phenoxy) is 1. The largest absolute Gasteiger partial charge is 0.478 e. The van der Waals surface area contributed by atoms with Crippen molar-refractivity contribution in [1.82, 2.24) is 0 Å². The molecular formula is C11H16O3. The average molecular weight is 196 g/mol. The number of carboxylic acids is 1. The smallest absolute Gasteiger partial charge is 0.331 e. The molecule has 2 unspecified atom stereocenters. The van der Waals surface area contributed by atoms with Crippen LogP contribution in [0.3, 0.4) is 0 Å². The maximum absolute atomic E-state index is 10.7. The van der Waals surface area contributed by atoms with Gasteiger partial charge in [-0.05, 0) is 25.7 Å². The Balaban J connectivity index is 2.58. The van der Waals surface area contributed by atoms with Crippen LogP contribution in [-0.4, -0.2) is 23.3 Å². The minimum Gasteiger partial charge on any atom is -0.478 e. The number of allylic oxidation sites excluding steroid dienone is 1. The lowest BCUT2D eigenvalue weighted by Gasteiger charge is -2.17. The van der Waals surface area contributed by atoms with Crippen molar-refractivity contribution in [2.45, 2.75) is 25.4 Å². The van der Waals surface area contributed by atoms with Crippen LogP contribution in [0.4, 0.5) is 0 Å². The molecule has 3 nitrogen and oxygen atoms in total. The number of aliphatic carboxylic acids is 1. The van der Waals surface area contributed by atoms with E-state index in [2.05, 4.69) is 13.2 Å². The number of carbonyl (C=O) groups is 1. The summed E-state index contributed by atoms with van der Waals surface area (Å²) >= 11 is 0. The average Bonchev–Trinajstić information content (AvgIpc) is 2.81. The van der Waals surface area contributed by atoms with Gasteiger partial charge in [-0.3, -0.25) is 0 Å². The predicted molar refractivity (Wildman–Crippen MR) is 54.1 cm³/mol. The van der Waals surface area contributed by atoms with Gasteiger partial charge >= 0.3 is 5.97 Å². The second-order valence-electron chi connectivity index (χ2n) is 3.99. The van der Waals surface area contributed by atoms with Gasteiger partial charge in [0.1, 0.15) is 0 Å². The van der Waals surface area contributed by atoms with Gasteiger partial charge in [0.2, 0.25) is 0 Å². The van der Waals surface area contributed by atoms with Gasteiger partial charge < -0.3 is 9.84 Å². The maximum Gasteiger partial charge on any atom is 0.331 e. The van der Waals surface area contributed by atoms with Crippen LogP contribution in [0.5, 0.6) is 0 Å². The SMILES string of the molecule is C=CCC(CC1(C)CO1)C(=C)C(=O)O. The van der Waals surface area contributed by atoms with Crippen molar-refractivity contribution in [2.75, 3.05) is 6.61 Å². The van der Waals surface area contributed by atoms with E-state index in [1.165, 1.54) is 0 Å². The summed E-state index contributed by atoms with van der Waals surface area (Å²) in [4.78, 5) is 10.7. The van der Waals surface area contributed by atoms with Crippen LogP contribution in [0, 0.1) is 5.92 Å². The normalized spacial score (nSPS) is 26.6. The van der Waals surface area contributed by atoms with Gasteiger partial charge in [0.15, 0.2) is 0 Å². The van der Waals surface area contributed by atoms with E-state index in [0.29, 0.717) is 19.4 Å². The first-order valence-corrected chi connectivity index (χ1v) is 4.65. The molecule has 78 valence electrons. The van der Waals surface area contributed by atoms with Crippen LogP contribution in [0.15, 0.2) is 24.8 Å². The first kappa shape index (κ1) is 11.0. The van der Waals surface area contributed by atoms with E-state index in [9.17, 15) is 4.79 Å². The van der Waals surface area contributed by atoms with Crippen LogP contribution in [-0.2, 0) is 9.53 Å². The van der Waals surface area contributed by atoms with E-state index >= 15 is 0 Å². The molecular weight excluding hydrogens is 180 g/mol. The Hall–Kier alpha value is -1.09. The van der Waals surface area contributed by atoms with Gasteiger partial charge in [-0.25, -0.2) is 4.79 Å². The van der Waals surface area contributed by atoms with E-state index < -0.39 is 5.97 Å². The fourth-order valence-corrected chi connectivity index (χ4v) is 1.49. The Bertz CT molecular complexity index is 264. The molecule has 0 aliphatic carbocycles. The molecule has 1 heterocycles. The van der Waals surface area contributed by atoms with Crippen molar-refractivity contribution in [1.29, 1.82) is 0 Å². The third kappa shape index (κ3) is 2.70. The number of rotatable bonds is 6. The molecule has 3 heteroatoms. The summed E-state index contributed by atoms with van der Waals surface area (Å²) in [6, 6.07) is 0. The molecule has 14 heavy (non-hydrogen) atoms. The highest BCUT2D eigenvalue weighted by Crippen LogP contribution is 2.36. The number of hydrogen-bond donors (Lipinski definition) is 1. The number of hydrogen-bond acceptors (Lipinski definition) is 2. The number of epoxide rings is 1. The summed E-state index contributed by atoms with van der Waals surface area (Å²) in [5, 5.41) is 8.82. The summed E-state index contributed by atoms with van der Waals surface area (Å²) < 4.78 is 5.23. The maximum atomic E-state index is 10.7. The Morgan fingerprint density at radius 1 is 1.79 bits per heavy atom. The molecule has 0 aromatic rings. The molecule has 0 bridgehead atoms. The fraction of sp³-hybridized carbons (Fsp3) is 0.545. The summed E-state index contributed by atoms with van der Waals surface area (Å²) in [7, 11) is 0. The molecule has 0 aromatic heterocycles. The zero-order chi connectivity index (χ0) is 10.8. The zero-order valence-corrected chi connectivity index (χ0v) is 8.45.